The number of anilines is 1. The number of hydrogen-bond acceptors (Lipinski definition) is 5. The Kier molecular flexibility index (Phi) is 5.51. The molecule has 1 amide bonds. The van der Waals surface area contributed by atoms with Gasteiger partial charge in [-0.1, -0.05) is 48.6 Å². The highest BCUT2D eigenvalue weighted by atomic mass is 35.5. The number of rotatable bonds is 5. The number of benzene rings is 1. The van der Waals surface area contributed by atoms with Crippen LogP contribution in [0.4, 0.5) is 9.52 Å². The molecule has 0 aliphatic heterocycles. The molecule has 3 aromatic rings. The van der Waals surface area contributed by atoms with Gasteiger partial charge in [-0.05, 0) is 30.5 Å². The van der Waals surface area contributed by atoms with E-state index in [2.05, 4.69) is 15.3 Å². The van der Waals surface area contributed by atoms with Crippen LogP contribution in [-0.4, -0.2) is 20.4 Å². The molecule has 1 fully saturated rings. The van der Waals surface area contributed by atoms with Crippen molar-refractivity contribution in [3.63, 3.8) is 0 Å². The van der Waals surface area contributed by atoms with Gasteiger partial charge in [0.15, 0.2) is 5.13 Å². The predicted octanol–water partition coefficient (Wildman–Crippen LogP) is 3.70. The number of aromatic nitrogens is 3. The standard InChI is InChI=1S/C19H18ClFN4O3S/c20-15-9-22-18(29-15)24-16(26)14(7-10-3-1-2-4-10)25-17(27)12-8-11(21)5-6-13(12)23-19(25)28/h5-6,8-10,14H,1-4,7H2,(H,23,28)(H,22,24,26). The molecule has 1 aromatic carbocycles. The van der Waals surface area contributed by atoms with Gasteiger partial charge >= 0.3 is 5.69 Å². The lowest BCUT2D eigenvalue weighted by Gasteiger charge is -2.21. The fourth-order valence-electron chi connectivity index (χ4n) is 3.88. The van der Waals surface area contributed by atoms with Crippen LogP contribution in [0.3, 0.4) is 0 Å². The topological polar surface area (TPSA) is 96.8 Å². The van der Waals surface area contributed by atoms with Crippen molar-refractivity contribution >= 4 is 44.9 Å². The number of carbonyl (C=O) groups is 1. The summed E-state index contributed by atoms with van der Waals surface area (Å²) >= 11 is 6.95. The van der Waals surface area contributed by atoms with Crippen molar-refractivity contribution in [2.75, 3.05) is 5.32 Å². The number of halogens is 2. The monoisotopic (exact) mass is 436 g/mol. The van der Waals surface area contributed by atoms with Crippen molar-refractivity contribution in [2.45, 2.75) is 38.1 Å². The minimum Gasteiger partial charge on any atom is -0.307 e. The molecule has 1 atom stereocenters. The number of thiazole rings is 1. The van der Waals surface area contributed by atoms with Crippen molar-refractivity contribution in [3.8, 4) is 0 Å². The first-order valence-electron chi connectivity index (χ1n) is 9.28. The van der Waals surface area contributed by atoms with Gasteiger partial charge in [0.2, 0.25) is 5.91 Å². The summed E-state index contributed by atoms with van der Waals surface area (Å²) < 4.78 is 15.0. The zero-order valence-corrected chi connectivity index (χ0v) is 16.9. The Morgan fingerprint density at radius 2 is 2.14 bits per heavy atom. The van der Waals surface area contributed by atoms with Crippen LogP contribution < -0.4 is 16.6 Å². The van der Waals surface area contributed by atoms with Gasteiger partial charge in [-0.3, -0.25) is 9.59 Å². The maximum atomic E-state index is 13.7. The number of carbonyl (C=O) groups excluding carboxylic acids is 1. The Hall–Kier alpha value is -2.52. The van der Waals surface area contributed by atoms with Crippen LogP contribution in [0.15, 0.2) is 34.0 Å². The van der Waals surface area contributed by atoms with Crippen LogP contribution in [-0.2, 0) is 4.79 Å². The zero-order chi connectivity index (χ0) is 20.5. The second-order valence-electron chi connectivity index (χ2n) is 7.16. The molecule has 152 valence electrons. The fraction of sp³-hybridized carbons (Fsp3) is 0.368. The van der Waals surface area contributed by atoms with Crippen LogP contribution in [0.2, 0.25) is 4.34 Å². The summed E-state index contributed by atoms with van der Waals surface area (Å²) in [6.07, 6.45) is 5.72. The van der Waals surface area contributed by atoms with Gasteiger partial charge in [0, 0.05) is 0 Å². The molecule has 4 rings (SSSR count). The molecule has 2 heterocycles. The molecule has 1 unspecified atom stereocenters. The summed E-state index contributed by atoms with van der Waals surface area (Å²) in [7, 11) is 0. The maximum absolute atomic E-state index is 13.7. The number of nitrogens with zero attached hydrogens (tertiary/aromatic N) is 2. The molecule has 1 aliphatic rings. The van der Waals surface area contributed by atoms with Crippen LogP contribution in [0.1, 0.15) is 38.1 Å². The van der Waals surface area contributed by atoms with E-state index < -0.39 is 29.0 Å². The van der Waals surface area contributed by atoms with E-state index in [1.165, 1.54) is 12.3 Å². The minimum absolute atomic E-state index is 0.0196. The highest BCUT2D eigenvalue weighted by Gasteiger charge is 2.30. The Bertz CT molecular complexity index is 1180. The van der Waals surface area contributed by atoms with E-state index in [4.69, 9.17) is 11.6 Å². The quantitative estimate of drug-likeness (QED) is 0.637. The number of aromatic amines is 1. The Labute approximate surface area is 173 Å². The second kappa shape index (κ2) is 8.08. The Morgan fingerprint density at radius 1 is 1.38 bits per heavy atom. The SMILES string of the molecule is O=C(Nc1ncc(Cl)s1)C(CC1CCCC1)n1c(=O)[nH]c2ccc(F)cc2c1=O. The Balaban J connectivity index is 1.78. The predicted molar refractivity (Wildman–Crippen MR) is 110 cm³/mol. The largest absolute Gasteiger partial charge is 0.329 e. The van der Waals surface area contributed by atoms with Crippen LogP contribution in [0, 0.1) is 11.7 Å². The van der Waals surface area contributed by atoms with Crippen LogP contribution in [0.5, 0.6) is 0 Å². The van der Waals surface area contributed by atoms with Gasteiger partial charge in [-0.15, -0.1) is 0 Å². The second-order valence-corrected chi connectivity index (χ2v) is 8.82. The lowest BCUT2D eigenvalue weighted by atomic mass is 9.97. The average molecular weight is 437 g/mol. The van der Waals surface area contributed by atoms with Crippen molar-refractivity contribution in [3.05, 3.63) is 55.4 Å². The number of fused-ring (bicyclic) bond motifs is 1. The first-order chi connectivity index (χ1) is 13.9. The van der Waals surface area contributed by atoms with E-state index in [1.807, 2.05) is 0 Å². The zero-order valence-electron chi connectivity index (χ0n) is 15.3. The molecule has 0 spiro atoms. The molecule has 2 aromatic heterocycles. The van der Waals surface area contributed by atoms with E-state index in [0.29, 0.717) is 10.8 Å². The van der Waals surface area contributed by atoms with Gasteiger partial charge < -0.3 is 10.3 Å². The van der Waals surface area contributed by atoms with Crippen molar-refractivity contribution < 1.29 is 9.18 Å². The number of nitrogens with one attached hydrogen (secondary N) is 2. The van der Waals surface area contributed by atoms with E-state index in [9.17, 15) is 18.8 Å². The smallest absolute Gasteiger partial charge is 0.307 e. The lowest BCUT2D eigenvalue weighted by molar-refractivity contribution is -0.119. The summed E-state index contributed by atoms with van der Waals surface area (Å²) in [5.74, 6) is -0.895. The molecular weight excluding hydrogens is 419 g/mol. The van der Waals surface area contributed by atoms with Gasteiger partial charge in [0.25, 0.3) is 5.56 Å². The third kappa shape index (κ3) is 4.11. The summed E-state index contributed by atoms with van der Waals surface area (Å²) in [6.45, 7) is 0. The van der Waals surface area contributed by atoms with E-state index in [1.54, 1.807) is 0 Å². The lowest BCUT2D eigenvalue weighted by Crippen LogP contribution is -2.43. The van der Waals surface area contributed by atoms with E-state index in [-0.39, 0.29) is 22.0 Å². The third-order valence-electron chi connectivity index (χ3n) is 5.24. The highest BCUT2D eigenvalue weighted by molar-refractivity contribution is 7.19. The maximum Gasteiger partial charge on any atom is 0.329 e. The number of H-pyrrole nitrogens is 1. The third-order valence-corrected chi connectivity index (χ3v) is 6.27. The molecule has 29 heavy (non-hydrogen) atoms. The van der Waals surface area contributed by atoms with Gasteiger partial charge in [0.1, 0.15) is 16.2 Å². The Morgan fingerprint density at radius 3 is 2.83 bits per heavy atom. The molecule has 0 radical (unpaired) electrons. The minimum atomic E-state index is -1.04. The summed E-state index contributed by atoms with van der Waals surface area (Å²) in [4.78, 5) is 45.4. The van der Waals surface area contributed by atoms with E-state index in [0.717, 1.165) is 53.7 Å². The van der Waals surface area contributed by atoms with Gasteiger partial charge in [0.05, 0.1) is 17.1 Å². The number of hydrogen-bond donors (Lipinski definition) is 2. The normalized spacial score (nSPS) is 15.7. The summed E-state index contributed by atoms with van der Waals surface area (Å²) in [5.41, 5.74) is -1.17. The molecular formula is C19H18ClFN4O3S. The van der Waals surface area contributed by atoms with Crippen molar-refractivity contribution in [2.24, 2.45) is 5.92 Å². The number of amides is 1. The fourth-order valence-corrected chi connectivity index (χ4v) is 4.69. The molecule has 0 bridgehead atoms. The molecule has 1 aliphatic carbocycles. The summed E-state index contributed by atoms with van der Waals surface area (Å²) in [5, 5.41) is 2.95. The molecule has 10 heteroatoms. The van der Waals surface area contributed by atoms with Gasteiger partial charge in [-0.2, -0.15) is 0 Å². The summed E-state index contributed by atoms with van der Waals surface area (Å²) in [6, 6.07) is 2.53. The van der Waals surface area contributed by atoms with Crippen LogP contribution in [0.25, 0.3) is 10.9 Å². The first kappa shape index (κ1) is 19.8. The molecule has 0 saturated heterocycles. The molecule has 2 N–H and O–H groups in total. The van der Waals surface area contributed by atoms with Crippen molar-refractivity contribution in [1.29, 1.82) is 0 Å². The first-order valence-corrected chi connectivity index (χ1v) is 10.5. The van der Waals surface area contributed by atoms with Gasteiger partial charge in [-0.25, -0.2) is 18.7 Å². The van der Waals surface area contributed by atoms with E-state index >= 15 is 0 Å². The highest BCUT2D eigenvalue weighted by Crippen LogP contribution is 2.32. The van der Waals surface area contributed by atoms with Crippen LogP contribution >= 0.6 is 22.9 Å². The average Bonchev–Trinajstić information content (AvgIpc) is 3.33. The van der Waals surface area contributed by atoms with Crippen molar-refractivity contribution in [1.82, 2.24) is 14.5 Å². The molecule has 7 nitrogen and oxygen atoms in total. The molecule has 1 saturated carbocycles.